The number of methoxy groups -OCH3 is 1. The smallest absolute Gasteiger partial charge is 0.255 e. The predicted molar refractivity (Wildman–Crippen MR) is 79.6 cm³/mol. The van der Waals surface area contributed by atoms with Gasteiger partial charge in [-0.25, -0.2) is 4.98 Å². The second-order valence-corrected chi connectivity index (χ2v) is 4.63. The van der Waals surface area contributed by atoms with Crippen LogP contribution in [0.3, 0.4) is 0 Å². The number of anilines is 1. The number of carbonyl (C=O) groups excluding carboxylic acids is 1. The van der Waals surface area contributed by atoms with E-state index in [1.165, 1.54) is 0 Å². The van der Waals surface area contributed by atoms with Gasteiger partial charge in [-0.05, 0) is 31.2 Å². The molecule has 6 heteroatoms. The van der Waals surface area contributed by atoms with Gasteiger partial charge in [0.15, 0.2) is 5.65 Å². The van der Waals surface area contributed by atoms with Gasteiger partial charge >= 0.3 is 0 Å². The van der Waals surface area contributed by atoms with Crippen LogP contribution in [0.15, 0.2) is 36.5 Å². The van der Waals surface area contributed by atoms with E-state index < -0.39 is 0 Å². The number of rotatable bonds is 3. The van der Waals surface area contributed by atoms with Gasteiger partial charge in [-0.15, -0.1) is 0 Å². The van der Waals surface area contributed by atoms with Crippen LogP contribution in [0, 0.1) is 6.92 Å². The molecule has 0 saturated heterocycles. The fraction of sp³-hybridized carbons (Fsp3) is 0.133. The van der Waals surface area contributed by atoms with E-state index in [0.717, 1.165) is 11.1 Å². The van der Waals surface area contributed by atoms with Crippen molar-refractivity contribution in [1.29, 1.82) is 0 Å². The minimum Gasteiger partial charge on any atom is -0.497 e. The molecule has 0 radical (unpaired) electrons. The van der Waals surface area contributed by atoms with Crippen molar-refractivity contribution in [2.45, 2.75) is 6.92 Å². The fourth-order valence-electron chi connectivity index (χ4n) is 2.06. The summed E-state index contributed by atoms with van der Waals surface area (Å²) >= 11 is 0. The van der Waals surface area contributed by atoms with Gasteiger partial charge in [-0.1, -0.05) is 6.07 Å². The Labute approximate surface area is 121 Å². The third kappa shape index (κ3) is 2.55. The van der Waals surface area contributed by atoms with Crippen LogP contribution >= 0.6 is 0 Å². The molecule has 2 aromatic heterocycles. The molecule has 0 aliphatic rings. The van der Waals surface area contributed by atoms with Gasteiger partial charge in [-0.2, -0.15) is 5.10 Å². The number of pyridine rings is 1. The summed E-state index contributed by atoms with van der Waals surface area (Å²) in [5.41, 5.74) is 2.69. The number of nitrogens with one attached hydrogen (secondary N) is 2. The lowest BCUT2D eigenvalue weighted by Gasteiger charge is -2.06. The maximum atomic E-state index is 12.2. The van der Waals surface area contributed by atoms with Crippen LogP contribution in [-0.4, -0.2) is 28.2 Å². The van der Waals surface area contributed by atoms with Gasteiger partial charge in [-0.3, -0.25) is 9.89 Å². The highest BCUT2D eigenvalue weighted by Crippen LogP contribution is 2.19. The van der Waals surface area contributed by atoms with Crippen LogP contribution < -0.4 is 10.1 Å². The maximum absolute atomic E-state index is 12.2. The number of aromatic amines is 1. The van der Waals surface area contributed by atoms with Crippen LogP contribution in [-0.2, 0) is 0 Å². The third-order valence-electron chi connectivity index (χ3n) is 3.19. The zero-order valence-corrected chi connectivity index (χ0v) is 11.7. The number of aromatic nitrogens is 3. The Morgan fingerprint density at radius 3 is 3.00 bits per heavy atom. The zero-order chi connectivity index (χ0) is 14.8. The normalized spacial score (nSPS) is 10.6. The number of fused-ring (bicyclic) bond motifs is 1. The van der Waals surface area contributed by atoms with E-state index in [1.807, 2.05) is 13.0 Å². The Hall–Kier alpha value is -2.89. The lowest BCUT2D eigenvalue weighted by molar-refractivity contribution is 0.102. The van der Waals surface area contributed by atoms with Crippen LogP contribution in [0.5, 0.6) is 5.75 Å². The molecule has 0 saturated carbocycles. The number of carbonyl (C=O) groups is 1. The molecule has 0 aliphatic carbocycles. The second-order valence-electron chi connectivity index (χ2n) is 4.63. The van der Waals surface area contributed by atoms with Crippen molar-refractivity contribution < 1.29 is 9.53 Å². The summed E-state index contributed by atoms with van der Waals surface area (Å²) in [7, 11) is 1.57. The van der Waals surface area contributed by atoms with Crippen LogP contribution in [0.1, 0.15) is 16.1 Å². The van der Waals surface area contributed by atoms with Gasteiger partial charge in [0.25, 0.3) is 5.91 Å². The number of hydrogen-bond donors (Lipinski definition) is 2. The summed E-state index contributed by atoms with van der Waals surface area (Å²) in [6.45, 7) is 1.91. The molecule has 0 atom stereocenters. The first kappa shape index (κ1) is 13.1. The topological polar surface area (TPSA) is 79.9 Å². The van der Waals surface area contributed by atoms with Crippen LogP contribution in [0.4, 0.5) is 5.69 Å². The molecule has 3 rings (SSSR count). The first-order valence-corrected chi connectivity index (χ1v) is 6.43. The molecule has 106 valence electrons. The van der Waals surface area contributed by atoms with Crippen molar-refractivity contribution in [1.82, 2.24) is 15.2 Å². The Bertz CT molecular complexity index is 810. The SMILES string of the molecule is COc1cccc(C(=O)Nc2cnc3n[nH]c(C)c3c2)c1. The molecule has 0 aliphatic heterocycles. The molecule has 21 heavy (non-hydrogen) atoms. The Morgan fingerprint density at radius 2 is 2.19 bits per heavy atom. The highest BCUT2D eigenvalue weighted by atomic mass is 16.5. The quantitative estimate of drug-likeness (QED) is 0.773. The van der Waals surface area contributed by atoms with Gasteiger partial charge in [0.1, 0.15) is 5.75 Å². The van der Waals surface area contributed by atoms with E-state index >= 15 is 0 Å². The summed E-state index contributed by atoms with van der Waals surface area (Å²) in [5.74, 6) is 0.429. The lowest BCUT2D eigenvalue weighted by atomic mass is 10.2. The van der Waals surface area contributed by atoms with E-state index in [4.69, 9.17) is 4.74 Å². The minimum absolute atomic E-state index is 0.212. The van der Waals surface area contributed by atoms with Crippen molar-refractivity contribution >= 4 is 22.6 Å². The largest absolute Gasteiger partial charge is 0.497 e. The number of aryl methyl sites for hydroxylation is 1. The maximum Gasteiger partial charge on any atom is 0.255 e. The minimum atomic E-state index is -0.212. The molecule has 0 spiro atoms. The standard InChI is InChI=1S/C15H14N4O2/c1-9-13-7-11(8-16-14(13)19-18-9)17-15(20)10-4-3-5-12(6-10)21-2/h3-8H,1-2H3,(H,17,20)(H,16,18,19). The molecular weight excluding hydrogens is 268 g/mol. The first-order chi connectivity index (χ1) is 10.2. The fourth-order valence-corrected chi connectivity index (χ4v) is 2.06. The monoisotopic (exact) mass is 282 g/mol. The predicted octanol–water partition coefficient (Wildman–Crippen LogP) is 2.53. The number of amides is 1. The average molecular weight is 282 g/mol. The van der Waals surface area contributed by atoms with Crippen molar-refractivity contribution in [3.63, 3.8) is 0 Å². The Morgan fingerprint density at radius 1 is 1.33 bits per heavy atom. The highest BCUT2D eigenvalue weighted by Gasteiger charge is 2.09. The van der Waals surface area contributed by atoms with Crippen molar-refractivity contribution in [2.24, 2.45) is 0 Å². The van der Waals surface area contributed by atoms with Crippen molar-refractivity contribution in [2.75, 3.05) is 12.4 Å². The molecule has 1 amide bonds. The number of ether oxygens (including phenoxy) is 1. The van der Waals surface area contributed by atoms with Gasteiger partial charge in [0.05, 0.1) is 19.0 Å². The van der Waals surface area contributed by atoms with E-state index in [2.05, 4.69) is 20.5 Å². The summed E-state index contributed by atoms with van der Waals surface area (Å²) < 4.78 is 5.11. The molecule has 0 fully saturated rings. The van der Waals surface area contributed by atoms with E-state index in [0.29, 0.717) is 22.6 Å². The zero-order valence-electron chi connectivity index (χ0n) is 11.7. The molecule has 1 aromatic carbocycles. The van der Waals surface area contributed by atoms with Crippen molar-refractivity contribution in [3.05, 3.63) is 47.8 Å². The van der Waals surface area contributed by atoms with Gasteiger partial charge < -0.3 is 10.1 Å². The first-order valence-electron chi connectivity index (χ1n) is 6.43. The third-order valence-corrected chi connectivity index (χ3v) is 3.19. The van der Waals surface area contributed by atoms with Crippen LogP contribution in [0.25, 0.3) is 11.0 Å². The highest BCUT2D eigenvalue weighted by molar-refractivity contribution is 6.05. The lowest BCUT2D eigenvalue weighted by Crippen LogP contribution is -2.12. The molecule has 3 aromatic rings. The van der Waals surface area contributed by atoms with Gasteiger partial charge in [0, 0.05) is 16.6 Å². The van der Waals surface area contributed by atoms with E-state index in [9.17, 15) is 4.79 Å². The van der Waals surface area contributed by atoms with Gasteiger partial charge in [0.2, 0.25) is 0 Å². The second kappa shape index (κ2) is 5.24. The molecule has 2 heterocycles. The molecular formula is C15H14N4O2. The van der Waals surface area contributed by atoms with Crippen LogP contribution in [0.2, 0.25) is 0 Å². The molecule has 0 unspecified atom stereocenters. The summed E-state index contributed by atoms with van der Waals surface area (Å²) in [5, 5.41) is 10.6. The number of nitrogens with zero attached hydrogens (tertiary/aromatic N) is 2. The molecule has 2 N–H and O–H groups in total. The number of benzene rings is 1. The molecule has 6 nitrogen and oxygen atoms in total. The average Bonchev–Trinajstić information content (AvgIpc) is 2.88. The van der Waals surface area contributed by atoms with Crippen molar-refractivity contribution in [3.8, 4) is 5.75 Å². The molecule has 0 bridgehead atoms. The van der Waals surface area contributed by atoms with E-state index in [-0.39, 0.29) is 5.91 Å². The Balaban J connectivity index is 1.86. The number of hydrogen-bond acceptors (Lipinski definition) is 4. The summed E-state index contributed by atoms with van der Waals surface area (Å²) in [6.07, 6.45) is 1.58. The number of H-pyrrole nitrogens is 1. The Kier molecular flexibility index (Phi) is 3.27. The summed E-state index contributed by atoms with van der Waals surface area (Å²) in [6, 6.07) is 8.82. The summed E-state index contributed by atoms with van der Waals surface area (Å²) in [4.78, 5) is 16.4. The van der Waals surface area contributed by atoms with E-state index in [1.54, 1.807) is 37.6 Å².